The Morgan fingerprint density at radius 3 is 3.05 bits per heavy atom. The van der Waals surface area contributed by atoms with Crippen molar-refractivity contribution in [3.8, 4) is 5.75 Å². The fourth-order valence-electron chi connectivity index (χ4n) is 2.19. The number of guanidine groups is 1. The fraction of sp³-hybridized carbons (Fsp3) is 0.562. The molecule has 2 rings (SSSR count). The van der Waals surface area contributed by atoms with Gasteiger partial charge < -0.3 is 10.1 Å². The van der Waals surface area contributed by atoms with Crippen LogP contribution >= 0.6 is 0 Å². The molecular formula is C16H25N3O2. The van der Waals surface area contributed by atoms with Crippen molar-refractivity contribution in [3.05, 3.63) is 29.8 Å². The number of hydroxylamine groups is 2. The van der Waals surface area contributed by atoms with E-state index in [2.05, 4.69) is 17.2 Å². The summed E-state index contributed by atoms with van der Waals surface area (Å²) in [4.78, 5) is 10.3. The van der Waals surface area contributed by atoms with E-state index < -0.39 is 0 Å². The van der Waals surface area contributed by atoms with Gasteiger partial charge in [0, 0.05) is 6.54 Å². The van der Waals surface area contributed by atoms with E-state index >= 15 is 0 Å². The van der Waals surface area contributed by atoms with Crippen molar-refractivity contribution in [1.29, 1.82) is 0 Å². The van der Waals surface area contributed by atoms with Gasteiger partial charge in [0.25, 0.3) is 0 Å². The van der Waals surface area contributed by atoms with Gasteiger partial charge in [0.05, 0.1) is 20.2 Å². The molecule has 0 fully saturated rings. The number of nitrogens with zero attached hydrogens (tertiary/aromatic N) is 2. The normalized spacial score (nSPS) is 14.2. The van der Waals surface area contributed by atoms with Crippen molar-refractivity contribution in [1.82, 2.24) is 10.4 Å². The number of unbranched alkanes of at least 4 members (excludes halogenated alkanes) is 2. The summed E-state index contributed by atoms with van der Waals surface area (Å²) >= 11 is 0. The molecule has 5 nitrogen and oxygen atoms in total. The smallest absolute Gasteiger partial charge is 0.218 e. The summed E-state index contributed by atoms with van der Waals surface area (Å²) in [7, 11) is 1.67. The Morgan fingerprint density at radius 1 is 1.33 bits per heavy atom. The van der Waals surface area contributed by atoms with Gasteiger partial charge in [-0.05, 0) is 24.1 Å². The maximum atomic E-state index is 5.84. The molecule has 1 aliphatic heterocycles. The monoisotopic (exact) mass is 291 g/mol. The van der Waals surface area contributed by atoms with Gasteiger partial charge in [-0.2, -0.15) is 0 Å². The van der Waals surface area contributed by atoms with E-state index in [9.17, 15) is 0 Å². The molecule has 0 unspecified atom stereocenters. The van der Waals surface area contributed by atoms with Crippen molar-refractivity contribution < 1.29 is 9.57 Å². The lowest BCUT2D eigenvalue weighted by Crippen LogP contribution is -2.38. The average molecular weight is 291 g/mol. The highest BCUT2D eigenvalue weighted by Gasteiger charge is 2.17. The van der Waals surface area contributed by atoms with Crippen molar-refractivity contribution in [2.75, 3.05) is 26.7 Å². The SMILES string of the molecule is CCCCCNC1=NCCN1OCc1cccc(OC)c1. The molecule has 5 heteroatoms. The first kappa shape index (κ1) is 15.6. The average Bonchev–Trinajstić information content (AvgIpc) is 2.97. The van der Waals surface area contributed by atoms with Crippen molar-refractivity contribution >= 4 is 5.96 Å². The summed E-state index contributed by atoms with van der Waals surface area (Å²) in [5, 5.41) is 5.20. The molecule has 0 saturated heterocycles. The molecule has 0 radical (unpaired) electrons. The fourth-order valence-corrected chi connectivity index (χ4v) is 2.19. The van der Waals surface area contributed by atoms with E-state index in [1.807, 2.05) is 29.3 Å². The number of benzene rings is 1. The van der Waals surface area contributed by atoms with Gasteiger partial charge in [-0.15, -0.1) is 0 Å². The minimum absolute atomic E-state index is 0.521. The second-order valence-corrected chi connectivity index (χ2v) is 5.07. The van der Waals surface area contributed by atoms with E-state index in [1.165, 1.54) is 19.3 Å². The second-order valence-electron chi connectivity index (χ2n) is 5.07. The van der Waals surface area contributed by atoms with Crippen molar-refractivity contribution in [2.24, 2.45) is 4.99 Å². The van der Waals surface area contributed by atoms with Gasteiger partial charge in [-0.1, -0.05) is 31.9 Å². The lowest BCUT2D eigenvalue weighted by atomic mass is 10.2. The van der Waals surface area contributed by atoms with E-state index in [1.54, 1.807) is 7.11 Å². The number of hydrogen-bond donors (Lipinski definition) is 1. The first-order valence-corrected chi connectivity index (χ1v) is 7.65. The zero-order valence-corrected chi connectivity index (χ0v) is 13.0. The molecule has 116 valence electrons. The van der Waals surface area contributed by atoms with Gasteiger partial charge in [-0.3, -0.25) is 4.84 Å². The molecular weight excluding hydrogens is 266 g/mol. The first-order chi connectivity index (χ1) is 10.3. The lowest BCUT2D eigenvalue weighted by Gasteiger charge is -2.20. The summed E-state index contributed by atoms with van der Waals surface area (Å²) in [5.41, 5.74) is 1.09. The third kappa shape index (κ3) is 4.93. The first-order valence-electron chi connectivity index (χ1n) is 7.65. The van der Waals surface area contributed by atoms with Gasteiger partial charge in [0.2, 0.25) is 5.96 Å². The molecule has 0 atom stereocenters. The highest BCUT2D eigenvalue weighted by atomic mass is 16.7. The highest BCUT2D eigenvalue weighted by Crippen LogP contribution is 2.14. The number of rotatable bonds is 8. The summed E-state index contributed by atoms with van der Waals surface area (Å²) in [6, 6.07) is 7.92. The third-order valence-electron chi connectivity index (χ3n) is 3.39. The van der Waals surface area contributed by atoms with Crippen LogP contribution in [-0.4, -0.2) is 37.8 Å². The van der Waals surface area contributed by atoms with E-state index in [0.29, 0.717) is 6.61 Å². The molecule has 21 heavy (non-hydrogen) atoms. The summed E-state index contributed by atoms with van der Waals surface area (Å²) < 4.78 is 5.22. The molecule has 1 aromatic rings. The maximum Gasteiger partial charge on any atom is 0.218 e. The van der Waals surface area contributed by atoms with Crippen LogP contribution in [0.3, 0.4) is 0 Å². The molecule has 0 amide bonds. The van der Waals surface area contributed by atoms with E-state index in [0.717, 1.165) is 36.9 Å². The van der Waals surface area contributed by atoms with Gasteiger partial charge in [0.1, 0.15) is 12.4 Å². The van der Waals surface area contributed by atoms with Crippen LogP contribution in [0, 0.1) is 0 Å². The quantitative estimate of drug-likeness (QED) is 0.748. The van der Waals surface area contributed by atoms with Crippen LogP contribution < -0.4 is 10.1 Å². The molecule has 0 aliphatic carbocycles. The Labute approximate surface area is 126 Å². The van der Waals surface area contributed by atoms with Crippen molar-refractivity contribution in [2.45, 2.75) is 32.8 Å². The molecule has 1 aliphatic rings. The molecule has 0 saturated carbocycles. The predicted molar refractivity (Wildman–Crippen MR) is 84.3 cm³/mol. The number of hydrogen-bond acceptors (Lipinski definition) is 5. The van der Waals surface area contributed by atoms with E-state index in [-0.39, 0.29) is 0 Å². The summed E-state index contributed by atoms with van der Waals surface area (Å²) in [5.74, 6) is 1.71. The van der Waals surface area contributed by atoms with Crippen molar-refractivity contribution in [3.63, 3.8) is 0 Å². The molecule has 0 spiro atoms. The van der Waals surface area contributed by atoms with Crippen LogP contribution in [0.4, 0.5) is 0 Å². The Morgan fingerprint density at radius 2 is 2.24 bits per heavy atom. The van der Waals surface area contributed by atoms with Gasteiger partial charge in [0.15, 0.2) is 0 Å². The van der Waals surface area contributed by atoms with Crippen LogP contribution in [-0.2, 0) is 11.4 Å². The number of nitrogens with one attached hydrogen (secondary N) is 1. The van der Waals surface area contributed by atoms with Crippen LogP contribution in [0.15, 0.2) is 29.3 Å². The Hall–Kier alpha value is -1.75. The minimum atomic E-state index is 0.521. The minimum Gasteiger partial charge on any atom is -0.497 e. The second kappa shape index (κ2) is 8.52. The molecule has 1 N–H and O–H groups in total. The van der Waals surface area contributed by atoms with E-state index in [4.69, 9.17) is 9.57 Å². The van der Waals surface area contributed by atoms with Gasteiger partial charge >= 0.3 is 0 Å². The Kier molecular flexibility index (Phi) is 6.34. The topological polar surface area (TPSA) is 46.1 Å². The highest BCUT2D eigenvalue weighted by molar-refractivity contribution is 5.80. The third-order valence-corrected chi connectivity index (χ3v) is 3.39. The van der Waals surface area contributed by atoms with Crippen LogP contribution in [0.5, 0.6) is 5.75 Å². The largest absolute Gasteiger partial charge is 0.497 e. The number of ether oxygens (including phenoxy) is 1. The predicted octanol–water partition coefficient (Wildman–Crippen LogP) is 2.58. The molecule has 0 bridgehead atoms. The lowest BCUT2D eigenvalue weighted by molar-refractivity contribution is -0.105. The molecule has 1 aromatic carbocycles. The molecule has 1 heterocycles. The molecule has 0 aromatic heterocycles. The standard InChI is InChI=1S/C16H25N3O2/c1-3-4-5-9-17-16-18-10-11-19(16)21-13-14-7-6-8-15(12-14)20-2/h6-8,12H,3-5,9-11,13H2,1-2H3,(H,17,18). The van der Waals surface area contributed by atoms with Crippen LogP contribution in [0.1, 0.15) is 31.7 Å². The van der Waals surface area contributed by atoms with Gasteiger partial charge in [-0.25, -0.2) is 10.1 Å². The summed E-state index contributed by atoms with van der Waals surface area (Å²) in [6.45, 7) is 5.27. The number of aliphatic imine (C=N–C) groups is 1. The zero-order valence-electron chi connectivity index (χ0n) is 13.0. The number of methoxy groups -OCH3 is 1. The summed E-state index contributed by atoms with van der Waals surface area (Å²) in [6.07, 6.45) is 3.63. The Balaban J connectivity index is 1.77. The van der Waals surface area contributed by atoms with Crippen LogP contribution in [0.25, 0.3) is 0 Å². The van der Waals surface area contributed by atoms with Crippen LogP contribution in [0.2, 0.25) is 0 Å². The maximum absolute atomic E-state index is 5.84. The zero-order chi connectivity index (χ0) is 14.9. The Bertz CT molecular complexity index is 463.